The molecule has 0 bridgehead atoms. The Balaban J connectivity index is 2.71. The Morgan fingerprint density at radius 3 is 2.78 bits per heavy atom. The first-order valence-corrected chi connectivity index (χ1v) is 8.08. The quantitative estimate of drug-likeness (QED) is 0.737. The summed E-state index contributed by atoms with van der Waals surface area (Å²) in [5, 5.41) is 1.70. The lowest BCUT2D eigenvalue weighted by molar-refractivity contribution is 0.0320. The van der Waals surface area contributed by atoms with Gasteiger partial charge in [0.15, 0.2) is 0 Å². The molecule has 0 saturated carbocycles. The van der Waals surface area contributed by atoms with E-state index < -0.39 is 10.0 Å². The summed E-state index contributed by atoms with van der Waals surface area (Å²) in [6.07, 6.45) is -0.317. The predicted octanol–water partition coefficient (Wildman–Crippen LogP) is 1.43. The second-order valence-electron chi connectivity index (χ2n) is 3.51. The van der Waals surface area contributed by atoms with Crippen LogP contribution in [-0.4, -0.2) is 41.9 Å². The number of ether oxygens (including phenoxy) is 2. The van der Waals surface area contributed by atoms with Crippen LogP contribution in [0.15, 0.2) is 16.3 Å². The molecule has 5 nitrogen and oxygen atoms in total. The molecule has 1 rings (SSSR count). The van der Waals surface area contributed by atoms with Crippen LogP contribution < -0.4 is 4.72 Å². The molecule has 0 saturated heterocycles. The van der Waals surface area contributed by atoms with Crippen molar-refractivity contribution in [2.45, 2.75) is 16.9 Å². The monoisotopic (exact) mass is 313 g/mol. The van der Waals surface area contributed by atoms with E-state index in [9.17, 15) is 8.42 Å². The third-order valence-electron chi connectivity index (χ3n) is 2.30. The maximum Gasteiger partial charge on any atom is 0.241 e. The third kappa shape index (κ3) is 4.18. The summed E-state index contributed by atoms with van der Waals surface area (Å²) in [6.45, 7) is 0.481. The Bertz CT molecular complexity index is 460. The molecule has 1 N–H and O–H groups in total. The zero-order valence-electron chi connectivity index (χ0n) is 10.2. The first-order valence-electron chi connectivity index (χ1n) is 5.19. The van der Waals surface area contributed by atoms with E-state index in [2.05, 4.69) is 4.72 Å². The first kappa shape index (κ1) is 15.9. The number of rotatable bonds is 8. The van der Waals surface area contributed by atoms with Crippen molar-refractivity contribution in [3.63, 3.8) is 0 Å². The van der Waals surface area contributed by atoms with Gasteiger partial charge in [-0.15, -0.1) is 22.9 Å². The molecule has 0 aromatic carbocycles. The lowest BCUT2D eigenvalue weighted by Gasteiger charge is -2.15. The summed E-state index contributed by atoms with van der Waals surface area (Å²) in [5.41, 5.74) is 0. The fourth-order valence-corrected chi connectivity index (χ4v) is 4.11. The lowest BCUT2D eigenvalue weighted by atomic mass is 10.4. The second kappa shape index (κ2) is 7.42. The number of halogens is 1. The maximum absolute atomic E-state index is 12.0. The van der Waals surface area contributed by atoms with Crippen LogP contribution in [0.5, 0.6) is 0 Å². The van der Waals surface area contributed by atoms with Gasteiger partial charge in [0.05, 0.1) is 23.5 Å². The lowest BCUT2D eigenvalue weighted by Crippen LogP contribution is -2.35. The van der Waals surface area contributed by atoms with Gasteiger partial charge < -0.3 is 9.47 Å². The number of thiophene rings is 1. The summed E-state index contributed by atoms with van der Waals surface area (Å²) in [7, 11) is -0.503. The van der Waals surface area contributed by atoms with Crippen LogP contribution in [0.3, 0.4) is 0 Å². The van der Waals surface area contributed by atoms with Gasteiger partial charge in [0.2, 0.25) is 10.0 Å². The standard InChI is InChI=1S/C10H16ClNO4S2/c1-15-7-8(16-2)6-12-18(13,14)10-3-4-17-9(10)5-11/h3-4,8,12H,5-7H2,1-2H3. The molecule has 0 radical (unpaired) electrons. The van der Waals surface area contributed by atoms with Crippen molar-refractivity contribution in [1.29, 1.82) is 0 Å². The molecule has 18 heavy (non-hydrogen) atoms. The van der Waals surface area contributed by atoms with Crippen molar-refractivity contribution in [2.75, 3.05) is 27.4 Å². The molecule has 0 aliphatic carbocycles. The predicted molar refractivity (Wildman–Crippen MR) is 71.7 cm³/mol. The summed E-state index contributed by atoms with van der Waals surface area (Å²) in [5.74, 6) is 0.180. The number of alkyl halides is 1. The highest BCUT2D eigenvalue weighted by molar-refractivity contribution is 7.89. The molecule has 8 heteroatoms. The molecular formula is C10H16ClNO4S2. The maximum atomic E-state index is 12.0. The van der Waals surface area contributed by atoms with Gasteiger partial charge in [0.1, 0.15) is 0 Å². The van der Waals surface area contributed by atoms with E-state index in [4.69, 9.17) is 21.1 Å². The van der Waals surface area contributed by atoms with Gasteiger partial charge in [-0.1, -0.05) is 0 Å². The largest absolute Gasteiger partial charge is 0.382 e. The number of hydrogen-bond donors (Lipinski definition) is 1. The van der Waals surface area contributed by atoms with Crippen LogP contribution >= 0.6 is 22.9 Å². The smallest absolute Gasteiger partial charge is 0.241 e. The average molecular weight is 314 g/mol. The number of hydrogen-bond acceptors (Lipinski definition) is 5. The van der Waals surface area contributed by atoms with Crippen molar-refractivity contribution in [1.82, 2.24) is 4.72 Å². The fraction of sp³-hybridized carbons (Fsp3) is 0.600. The molecule has 1 heterocycles. The SMILES string of the molecule is COCC(CNS(=O)(=O)c1ccsc1CCl)OC. The van der Waals surface area contributed by atoms with Gasteiger partial charge in [-0.05, 0) is 11.4 Å². The van der Waals surface area contributed by atoms with Crippen molar-refractivity contribution >= 4 is 33.0 Å². The van der Waals surface area contributed by atoms with E-state index in [0.717, 1.165) is 0 Å². The summed E-state index contributed by atoms with van der Waals surface area (Å²) < 4.78 is 36.6. The van der Waals surface area contributed by atoms with E-state index in [1.807, 2.05) is 0 Å². The van der Waals surface area contributed by atoms with Gasteiger partial charge in [-0.3, -0.25) is 0 Å². The fourth-order valence-electron chi connectivity index (χ4n) is 1.34. The Morgan fingerprint density at radius 2 is 2.22 bits per heavy atom. The molecule has 1 unspecified atom stereocenters. The average Bonchev–Trinajstić information content (AvgIpc) is 2.83. The van der Waals surface area contributed by atoms with Gasteiger partial charge in [0.25, 0.3) is 0 Å². The summed E-state index contributed by atoms with van der Waals surface area (Å²) in [6, 6.07) is 1.54. The Hall–Kier alpha value is -0.180. The van der Waals surface area contributed by atoms with E-state index in [-0.39, 0.29) is 23.4 Å². The minimum Gasteiger partial charge on any atom is -0.382 e. The molecule has 0 spiro atoms. The molecule has 0 fully saturated rings. The van der Waals surface area contributed by atoms with Crippen molar-refractivity contribution in [3.05, 3.63) is 16.3 Å². The first-order chi connectivity index (χ1) is 8.55. The normalized spacial score (nSPS) is 13.7. The van der Waals surface area contributed by atoms with Gasteiger partial charge in [-0.2, -0.15) is 0 Å². The minimum atomic E-state index is -3.54. The van der Waals surface area contributed by atoms with Crippen LogP contribution in [-0.2, 0) is 25.4 Å². The highest BCUT2D eigenvalue weighted by Crippen LogP contribution is 2.23. The molecule has 0 amide bonds. The van der Waals surface area contributed by atoms with E-state index in [0.29, 0.717) is 11.5 Å². The Morgan fingerprint density at radius 1 is 1.50 bits per heavy atom. The third-order valence-corrected chi connectivity index (χ3v) is 5.29. The van der Waals surface area contributed by atoms with Crippen LogP contribution in [0.4, 0.5) is 0 Å². The molecule has 1 aromatic rings. The molecule has 1 atom stereocenters. The zero-order valence-corrected chi connectivity index (χ0v) is 12.6. The van der Waals surface area contributed by atoms with Crippen LogP contribution in [0.1, 0.15) is 4.88 Å². The topological polar surface area (TPSA) is 64.6 Å². The molecular weight excluding hydrogens is 298 g/mol. The van der Waals surface area contributed by atoms with E-state index >= 15 is 0 Å². The van der Waals surface area contributed by atoms with Crippen LogP contribution in [0.25, 0.3) is 0 Å². The molecule has 0 aliphatic heterocycles. The van der Waals surface area contributed by atoms with E-state index in [1.165, 1.54) is 25.6 Å². The van der Waals surface area contributed by atoms with Gasteiger partial charge in [0, 0.05) is 25.6 Å². The Labute approximate surface area is 116 Å². The van der Waals surface area contributed by atoms with Crippen LogP contribution in [0, 0.1) is 0 Å². The number of sulfonamides is 1. The minimum absolute atomic E-state index is 0.157. The molecule has 1 aromatic heterocycles. The van der Waals surface area contributed by atoms with E-state index in [1.54, 1.807) is 11.4 Å². The number of methoxy groups -OCH3 is 2. The van der Waals surface area contributed by atoms with Gasteiger partial charge in [-0.25, -0.2) is 13.1 Å². The summed E-state index contributed by atoms with van der Waals surface area (Å²) in [4.78, 5) is 0.861. The summed E-state index contributed by atoms with van der Waals surface area (Å²) >= 11 is 7.01. The number of nitrogens with one attached hydrogen (secondary N) is 1. The van der Waals surface area contributed by atoms with Crippen molar-refractivity contribution in [2.24, 2.45) is 0 Å². The highest BCUT2D eigenvalue weighted by Gasteiger charge is 2.20. The highest BCUT2D eigenvalue weighted by atomic mass is 35.5. The Kier molecular flexibility index (Phi) is 6.54. The van der Waals surface area contributed by atoms with Gasteiger partial charge >= 0.3 is 0 Å². The van der Waals surface area contributed by atoms with Crippen LogP contribution in [0.2, 0.25) is 0 Å². The second-order valence-corrected chi connectivity index (χ2v) is 6.51. The van der Waals surface area contributed by atoms with Crippen molar-refractivity contribution in [3.8, 4) is 0 Å². The molecule has 0 aliphatic rings. The molecule has 104 valence electrons. The van der Waals surface area contributed by atoms with Crippen molar-refractivity contribution < 1.29 is 17.9 Å². The zero-order chi connectivity index (χ0) is 13.6.